The molecule has 0 saturated heterocycles. The molecule has 1 atom stereocenters. The number of rotatable bonds is 3. The third-order valence-electron chi connectivity index (χ3n) is 1.86. The Hall–Kier alpha value is -1.26. The smallest absolute Gasteiger partial charge is 0.251 e. The lowest BCUT2D eigenvalue weighted by atomic mass is 10.2. The molecule has 1 amide bonds. The highest BCUT2D eigenvalue weighted by molar-refractivity contribution is 6.32. The first-order chi connectivity index (χ1) is 7.04. The van der Waals surface area contributed by atoms with E-state index >= 15 is 0 Å². The number of aromatic hydroxyl groups is 1. The van der Waals surface area contributed by atoms with Gasteiger partial charge in [-0.2, -0.15) is 0 Å². The van der Waals surface area contributed by atoms with Crippen molar-refractivity contribution in [2.45, 2.75) is 13.0 Å². The molecule has 0 heterocycles. The summed E-state index contributed by atoms with van der Waals surface area (Å²) in [5.74, 6) is -0.401. The number of phenols is 1. The number of benzene rings is 1. The highest BCUT2D eigenvalue weighted by atomic mass is 35.5. The molecule has 0 aliphatic heterocycles. The molecule has 0 bridgehead atoms. The van der Waals surface area contributed by atoms with Crippen molar-refractivity contribution in [3.8, 4) is 5.75 Å². The minimum atomic E-state index is -0.335. The number of phenolic OH excluding ortho intramolecular Hbond substituents is 1. The number of amides is 1. The van der Waals surface area contributed by atoms with E-state index in [2.05, 4.69) is 5.32 Å². The molecular formula is C10H12ClNO3. The Kier molecular flexibility index (Phi) is 3.94. The fraction of sp³-hybridized carbons (Fsp3) is 0.300. The summed E-state index contributed by atoms with van der Waals surface area (Å²) < 4.78 is 0. The van der Waals surface area contributed by atoms with Crippen LogP contribution in [-0.4, -0.2) is 28.8 Å². The first kappa shape index (κ1) is 11.8. The third-order valence-corrected chi connectivity index (χ3v) is 2.16. The van der Waals surface area contributed by atoms with Crippen molar-refractivity contribution in [1.29, 1.82) is 0 Å². The summed E-state index contributed by atoms with van der Waals surface area (Å²) in [6.07, 6.45) is 0. The quantitative estimate of drug-likeness (QED) is 0.729. The van der Waals surface area contributed by atoms with E-state index < -0.39 is 0 Å². The Labute approximate surface area is 92.5 Å². The Morgan fingerprint density at radius 3 is 2.80 bits per heavy atom. The van der Waals surface area contributed by atoms with Crippen LogP contribution in [0.1, 0.15) is 17.3 Å². The zero-order chi connectivity index (χ0) is 11.4. The summed E-state index contributed by atoms with van der Waals surface area (Å²) in [4.78, 5) is 11.5. The van der Waals surface area contributed by atoms with E-state index in [1.54, 1.807) is 6.92 Å². The Bertz CT molecular complexity index is 368. The van der Waals surface area contributed by atoms with Gasteiger partial charge in [-0.05, 0) is 25.1 Å². The number of hydrogen-bond donors (Lipinski definition) is 3. The molecule has 5 heteroatoms. The van der Waals surface area contributed by atoms with E-state index in [-0.39, 0.29) is 29.3 Å². The summed E-state index contributed by atoms with van der Waals surface area (Å²) in [5.41, 5.74) is 0.345. The van der Waals surface area contributed by atoms with Crippen molar-refractivity contribution in [1.82, 2.24) is 5.32 Å². The van der Waals surface area contributed by atoms with Crippen molar-refractivity contribution in [3.05, 3.63) is 28.8 Å². The fourth-order valence-corrected chi connectivity index (χ4v) is 1.18. The summed E-state index contributed by atoms with van der Waals surface area (Å²) in [5, 5.41) is 20.6. The lowest BCUT2D eigenvalue weighted by Crippen LogP contribution is -2.34. The molecule has 0 saturated carbocycles. The van der Waals surface area contributed by atoms with Crippen molar-refractivity contribution >= 4 is 17.5 Å². The molecule has 1 unspecified atom stereocenters. The lowest BCUT2D eigenvalue weighted by Gasteiger charge is -2.10. The Morgan fingerprint density at radius 2 is 2.27 bits per heavy atom. The number of nitrogens with one attached hydrogen (secondary N) is 1. The molecule has 3 N–H and O–H groups in total. The molecule has 0 spiro atoms. The molecule has 0 aliphatic rings. The zero-order valence-corrected chi connectivity index (χ0v) is 8.95. The van der Waals surface area contributed by atoms with E-state index in [9.17, 15) is 4.79 Å². The first-order valence-corrected chi connectivity index (χ1v) is 4.82. The van der Waals surface area contributed by atoms with Crippen molar-refractivity contribution in [3.63, 3.8) is 0 Å². The third kappa shape index (κ3) is 3.11. The molecule has 0 fully saturated rings. The van der Waals surface area contributed by atoms with E-state index in [0.717, 1.165) is 0 Å². The van der Waals surface area contributed by atoms with E-state index in [0.29, 0.717) is 5.56 Å². The molecule has 0 radical (unpaired) electrons. The maximum atomic E-state index is 11.5. The summed E-state index contributed by atoms with van der Waals surface area (Å²) in [7, 11) is 0. The van der Waals surface area contributed by atoms with Crippen LogP contribution in [0, 0.1) is 0 Å². The van der Waals surface area contributed by atoms with Crippen molar-refractivity contribution in [2.24, 2.45) is 0 Å². The minimum Gasteiger partial charge on any atom is -0.506 e. The summed E-state index contributed by atoms with van der Waals surface area (Å²) >= 11 is 5.65. The monoisotopic (exact) mass is 229 g/mol. The predicted molar refractivity (Wildman–Crippen MR) is 57.1 cm³/mol. The maximum Gasteiger partial charge on any atom is 0.251 e. The molecule has 1 aromatic carbocycles. The van der Waals surface area contributed by atoms with Crippen LogP contribution >= 0.6 is 11.6 Å². The van der Waals surface area contributed by atoms with Gasteiger partial charge >= 0.3 is 0 Å². The highest BCUT2D eigenvalue weighted by Crippen LogP contribution is 2.23. The zero-order valence-electron chi connectivity index (χ0n) is 8.20. The number of halogens is 1. The fourth-order valence-electron chi connectivity index (χ4n) is 1.00. The normalized spacial score (nSPS) is 12.2. The van der Waals surface area contributed by atoms with Crippen LogP contribution < -0.4 is 5.32 Å². The molecule has 82 valence electrons. The van der Waals surface area contributed by atoms with Gasteiger partial charge in [-0.15, -0.1) is 0 Å². The van der Waals surface area contributed by atoms with Gasteiger partial charge in [0.15, 0.2) is 0 Å². The average molecular weight is 230 g/mol. The predicted octanol–water partition coefficient (Wildman–Crippen LogP) is 1.16. The van der Waals surface area contributed by atoms with Gasteiger partial charge in [0.25, 0.3) is 5.91 Å². The second-order valence-corrected chi connectivity index (χ2v) is 3.63. The maximum absolute atomic E-state index is 11.5. The molecule has 1 aromatic rings. The van der Waals surface area contributed by atoms with Gasteiger partial charge in [-0.1, -0.05) is 11.6 Å². The number of hydrogen-bond acceptors (Lipinski definition) is 3. The van der Waals surface area contributed by atoms with E-state index in [1.165, 1.54) is 18.2 Å². The topological polar surface area (TPSA) is 69.6 Å². The lowest BCUT2D eigenvalue weighted by molar-refractivity contribution is 0.0922. The summed E-state index contributed by atoms with van der Waals surface area (Å²) in [6, 6.07) is 3.86. The van der Waals surface area contributed by atoms with Gasteiger partial charge in [0.1, 0.15) is 5.75 Å². The van der Waals surface area contributed by atoms with Crippen molar-refractivity contribution < 1.29 is 15.0 Å². The molecule has 0 aliphatic carbocycles. The number of carbonyl (C=O) groups is 1. The van der Waals surface area contributed by atoms with E-state index in [1.807, 2.05) is 0 Å². The molecular weight excluding hydrogens is 218 g/mol. The number of aliphatic hydroxyl groups excluding tert-OH is 1. The van der Waals surface area contributed by atoms with Crippen LogP contribution in [-0.2, 0) is 0 Å². The first-order valence-electron chi connectivity index (χ1n) is 4.45. The van der Waals surface area contributed by atoms with E-state index in [4.69, 9.17) is 21.8 Å². The highest BCUT2D eigenvalue weighted by Gasteiger charge is 2.10. The largest absolute Gasteiger partial charge is 0.506 e. The van der Waals surface area contributed by atoms with Gasteiger partial charge in [0, 0.05) is 11.6 Å². The molecule has 1 rings (SSSR count). The van der Waals surface area contributed by atoms with Gasteiger partial charge in [0.2, 0.25) is 0 Å². The van der Waals surface area contributed by atoms with Gasteiger partial charge in [-0.3, -0.25) is 4.79 Å². The standard InChI is InChI=1S/C10H12ClNO3/c1-6(5-13)12-10(15)7-2-3-9(14)8(11)4-7/h2-4,6,13-14H,5H2,1H3,(H,12,15). The number of aliphatic hydroxyl groups is 1. The number of carbonyl (C=O) groups excluding carboxylic acids is 1. The molecule has 0 aromatic heterocycles. The minimum absolute atomic E-state index is 0.0663. The van der Waals surface area contributed by atoms with Crippen LogP contribution in [0.2, 0.25) is 5.02 Å². The second kappa shape index (κ2) is 5.00. The van der Waals surface area contributed by atoms with Gasteiger partial charge in [-0.25, -0.2) is 0 Å². The van der Waals surface area contributed by atoms with Gasteiger partial charge < -0.3 is 15.5 Å². The second-order valence-electron chi connectivity index (χ2n) is 3.22. The average Bonchev–Trinajstić information content (AvgIpc) is 2.21. The van der Waals surface area contributed by atoms with Crippen LogP contribution in [0.3, 0.4) is 0 Å². The van der Waals surface area contributed by atoms with Crippen LogP contribution in [0.25, 0.3) is 0 Å². The van der Waals surface area contributed by atoms with Crippen LogP contribution in [0.4, 0.5) is 0 Å². The Morgan fingerprint density at radius 1 is 1.60 bits per heavy atom. The summed E-state index contributed by atoms with van der Waals surface area (Å²) in [6.45, 7) is 1.55. The van der Waals surface area contributed by atoms with Gasteiger partial charge in [0.05, 0.1) is 11.6 Å². The van der Waals surface area contributed by atoms with Crippen LogP contribution in [0.15, 0.2) is 18.2 Å². The molecule has 4 nitrogen and oxygen atoms in total. The Balaban J connectivity index is 2.78. The SMILES string of the molecule is CC(CO)NC(=O)c1ccc(O)c(Cl)c1. The molecule has 15 heavy (non-hydrogen) atoms. The van der Waals surface area contributed by atoms with Crippen molar-refractivity contribution in [2.75, 3.05) is 6.61 Å². The van der Waals surface area contributed by atoms with Crippen LogP contribution in [0.5, 0.6) is 5.75 Å².